The smallest absolute Gasteiger partial charge is 0.150 e. The van der Waals surface area contributed by atoms with Gasteiger partial charge >= 0.3 is 0 Å². The van der Waals surface area contributed by atoms with Crippen LogP contribution in [0.3, 0.4) is 0 Å². The minimum Gasteiger partial charge on any atom is -0.493 e. The van der Waals surface area contributed by atoms with Crippen LogP contribution in [0.25, 0.3) is 0 Å². The standard InChI is InChI=1S/C22H28O2/c1-22(17-24-21-10-8-18(16-23)9-11-21)14-12-20(13-15-22)19-6-4-2-3-5-7-19/h8-14,16,19H,2-7,15,17H2,1H3. The Balaban J connectivity index is 1.55. The minimum atomic E-state index is 0.0531. The number of hydrogen-bond donors (Lipinski definition) is 0. The topological polar surface area (TPSA) is 26.3 Å². The van der Waals surface area contributed by atoms with E-state index in [4.69, 9.17) is 4.74 Å². The lowest BCUT2D eigenvalue weighted by Gasteiger charge is -2.30. The first-order chi connectivity index (χ1) is 11.7. The lowest BCUT2D eigenvalue weighted by molar-refractivity contribution is 0.112. The van der Waals surface area contributed by atoms with Crippen molar-refractivity contribution in [2.45, 2.75) is 51.9 Å². The molecule has 0 aliphatic heterocycles. The van der Waals surface area contributed by atoms with E-state index in [0.717, 1.165) is 24.4 Å². The molecule has 0 bridgehead atoms. The number of carbonyl (C=O) groups is 1. The molecule has 2 aliphatic carbocycles. The van der Waals surface area contributed by atoms with Gasteiger partial charge in [0.2, 0.25) is 0 Å². The molecule has 0 N–H and O–H groups in total. The van der Waals surface area contributed by atoms with Gasteiger partial charge in [-0.3, -0.25) is 4.79 Å². The lowest BCUT2D eigenvalue weighted by Crippen LogP contribution is -2.24. The van der Waals surface area contributed by atoms with E-state index in [1.54, 1.807) is 17.7 Å². The van der Waals surface area contributed by atoms with Crippen LogP contribution in [0.5, 0.6) is 5.75 Å². The van der Waals surface area contributed by atoms with Crippen molar-refractivity contribution in [2.75, 3.05) is 6.61 Å². The molecule has 24 heavy (non-hydrogen) atoms. The highest BCUT2D eigenvalue weighted by molar-refractivity contribution is 5.74. The highest BCUT2D eigenvalue weighted by Gasteiger charge is 2.26. The maximum Gasteiger partial charge on any atom is 0.150 e. The summed E-state index contributed by atoms with van der Waals surface area (Å²) in [5.74, 6) is 1.60. The van der Waals surface area contributed by atoms with Crippen LogP contribution in [-0.4, -0.2) is 12.9 Å². The zero-order valence-electron chi connectivity index (χ0n) is 14.7. The Kier molecular flexibility index (Phi) is 5.55. The maximum atomic E-state index is 10.7. The molecule has 0 aromatic heterocycles. The van der Waals surface area contributed by atoms with Gasteiger partial charge in [0.25, 0.3) is 0 Å². The summed E-state index contributed by atoms with van der Waals surface area (Å²) in [6.07, 6.45) is 17.3. The van der Waals surface area contributed by atoms with E-state index in [9.17, 15) is 4.79 Å². The molecule has 1 atom stereocenters. The van der Waals surface area contributed by atoms with Crippen LogP contribution in [0.1, 0.15) is 62.2 Å². The second kappa shape index (κ2) is 7.83. The van der Waals surface area contributed by atoms with E-state index in [1.807, 2.05) is 12.1 Å². The third-order valence-corrected chi connectivity index (χ3v) is 5.39. The number of ether oxygens (including phenoxy) is 1. The zero-order chi connectivity index (χ0) is 16.8. The fourth-order valence-corrected chi connectivity index (χ4v) is 3.70. The van der Waals surface area contributed by atoms with Crippen molar-refractivity contribution in [3.8, 4) is 5.75 Å². The molecule has 1 unspecified atom stereocenters. The Morgan fingerprint density at radius 2 is 1.83 bits per heavy atom. The molecule has 2 aliphatic rings. The van der Waals surface area contributed by atoms with Gasteiger partial charge in [-0.05, 0) is 55.0 Å². The van der Waals surface area contributed by atoms with Gasteiger partial charge in [-0.1, -0.05) is 50.8 Å². The van der Waals surface area contributed by atoms with Crippen molar-refractivity contribution in [3.63, 3.8) is 0 Å². The van der Waals surface area contributed by atoms with Crippen molar-refractivity contribution in [1.82, 2.24) is 0 Å². The molecule has 0 amide bonds. The summed E-state index contributed by atoms with van der Waals surface area (Å²) in [6, 6.07) is 7.33. The van der Waals surface area contributed by atoms with Crippen LogP contribution in [0, 0.1) is 11.3 Å². The monoisotopic (exact) mass is 324 g/mol. The predicted molar refractivity (Wildman–Crippen MR) is 98.5 cm³/mol. The predicted octanol–water partition coefficient (Wildman–Crippen LogP) is 5.74. The number of aldehydes is 1. The molecular formula is C22H28O2. The Hall–Kier alpha value is -1.83. The van der Waals surface area contributed by atoms with Gasteiger partial charge in [0.15, 0.2) is 0 Å². The maximum absolute atomic E-state index is 10.7. The van der Waals surface area contributed by atoms with E-state index in [2.05, 4.69) is 25.2 Å². The molecule has 1 saturated carbocycles. The van der Waals surface area contributed by atoms with Gasteiger partial charge in [-0.15, -0.1) is 0 Å². The van der Waals surface area contributed by atoms with Gasteiger partial charge < -0.3 is 4.74 Å². The SMILES string of the molecule is CC1(COc2ccc(C=O)cc2)C=CC(C2CCCCCC2)=CC1. The quantitative estimate of drug-likeness (QED) is 0.510. The number of carbonyl (C=O) groups excluding carboxylic acids is 1. The van der Waals surface area contributed by atoms with Crippen LogP contribution in [-0.2, 0) is 0 Å². The van der Waals surface area contributed by atoms with Crippen LogP contribution in [0.2, 0.25) is 0 Å². The average molecular weight is 324 g/mol. The third-order valence-electron chi connectivity index (χ3n) is 5.39. The average Bonchev–Trinajstić information content (AvgIpc) is 2.91. The molecule has 0 saturated heterocycles. The van der Waals surface area contributed by atoms with Gasteiger partial charge in [-0.25, -0.2) is 0 Å². The zero-order valence-corrected chi connectivity index (χ0v) is 14.7. The molecule has 0 spiro atoms. The Bertz CT molecular complexity index is 603. The van der Waals surface area contributed by atoms with Crippen LogP contribution in [0.15, 0.2) is 48.1 Å². The van der Waals surface area contributed by atoms with Crippen molar-refractivity contribution < 1.29 is 9.53 Å². The second-order valence-electron chi connectivity index (χ2n) is 7.56. The summed E-state index contributed by atoms with van der Waals surface area (Å²) >= 11 is 0. The Labute approximate surface area is 145 Å². The molecule has 0 radical (unpaired) electrons. The summed E-state index contributed by atoms with van der Waals surface area (Å²) in [7, 11) is 0. The number of allylic oxidation sites excluding steroid dienone is 3. The highest BCUT2D eigenvalue weighted by Crippen LogP contribution is 2.36. The van der Waals surface area contributed by atoms with E-state index in [1.165, 1.54) is 38.5 Å². The number of hydrogen-bond acceptors (Lipinski definition) is 2. The largest absolute Gasteiger partial charge is 0.493 e. The first-order valence-electron chi connectivity index (χ1n) is 9.26. The fourth-order valence-electron chi connectivity index (χ4n) is 3.70. The molecule has 1 aromatic rings. The Morgan fingerprint density at radius 1 is 1.12 bits per heavy atom. The van der Waals surface area contributed by atoms with Gasteiger partial charge in [0, 0.05) is 11.0 Å². The van der Waals surface area contributed by atoms with E-state index < -0.39 is 0 Å². The van der Waals surface area contributed by atoms with Crippen molar-refractivity contribution in [2.24, 2.45) is 11.3 Å². The van der Waals surface area contributed by atoms with Crippen molar-refractivity contribution in [3.05, 3.63) is 53.6 Å². The Morgan fingerprint density at radius 3 is 2.42 bits per heavy atom. The van der Waals surface area contributed by atoms with Gasteiger partial charge in [-0.2, -0.15) is 0 Å². The molecule has 128 valence electrons. The summed E-state index contributed by atoms with van der Waals surface area (Å²) in [5.41, 5.74) is 2.28. The van der Waals surface area contributed by atoms with E-state index in [-0.39, 0.29) is 5.41 Å². The normalized spacial score (nSPS) is 25.0. The lowest BCUT2D eigenvalue weighted by atomic mass is 9.79. The van der Waals surface area contributed by atoms with Crippen LogP contribution >= 0.6 is 0 Å². The van der Waals surface area contributed by atoms with Gasteiger partial charge in [0.05, 0.1) is 6.61 Å². The number of rotatable bonds is 5. The molecule has 0 heterocycles. The molecule has 3 rings (SSSR count). The molecule has 2 heteroatoms. The summed E-state index contributed by atoms with van der Waals surface area (Å²) in [6.45, 7) is 2.92. The number of benzene rings is 1. The highest BCUT2D eigenvalue weighted by atomic mass is 16.5. The first kappa shape index (κ1) is 17.0. The minimum absolute atomic E-state index is 0.0531. The van der Waals surface area contributed by atoms with Gasteiger partial charge in [0.1, 0.15) is 12.0 Å². The first-order valence-corrected chi connectivity index (χ1v) is 9.26. The summed E-state index contributed by atoms with van der Waals surface area (Å²) < 4.78 is 5.95. The van der Waals surface area contributed by atoms with E-state index in [0.29, 0.717) is 12.2 Å². The fraction of sp³-hybridized carbons (Fsp3) is 0.500. The molecular weight excluding hydrogens is 296 g/mol. The van der Waals surface area contributed by atoms with E-state index >= 15 is 0 Å². The molecule has 1 aromatic carbocycles. The molecule has 1 fully saturated rings. The van der Waals surface area contributed by atoms with Crippen molar-refractivity contribution >= 4 is 6.29 Å². The van der Waals surface area contributed by atoms with Crippen LogP contribution in [0.4, 0.5) is 0 Å². The summed E-state index contributed by atoms with van der Waals surface area (Å²) in [5, 5.41) is 0. The summed E-state index contributed by atoms with van der Waals surface area (Å²) in [4.78, 5) is 10.7. The molecule has 2 nitrogen and oxygen atoms in total. The third kappa shape index (κ3) is 4.37. The van der Waals surface area contributed by atoms with Crippen LogP contribution < -0.4 is 4.74 Å². The second-order valence-corrected chi connectivity index (χ2v) is 7.56. The van der Waals surface area contributed by atoms with Crippen molar-refractivity contribution in [1.29, 1.82) is 0 Å².